The van der Waals surface area contributed by atoms with Gasteiger partial charge in [-0.05, 0) is 38.7 Å². The van der Waals surface area contributed by atoms with Crippen molar-refractivity contribution in [3.63, 3.8) is 0 Å². The Morgan fingerprint density at radius 1 is 1.41 bits per heavy atom. The molecule has 2 aliphatic rings. The van der Waals surface area contributed by atoms with Gasteiger partial charge in [0.1, 0.15) is 5.76 Å². The van der Waals surface area contributed by atoms with Gasteiger partial charge in [0.2, 0.25) is 0 Å². The number of carbonyl (C=O) groups is 1. The number of carbonyl (C=O) groups excluding carboxylic acids is 1. The molecule has 2 heterocycles. The molecule has 1 amide bonds. The van der Waals surface area contributed by atoms with E-state index >= 15 is 0 Å². The summed E-state index contributed by atoms with van der Waals surface area (Å²) < 4.78 is 5.42. The number of hydrogen-bond donors (Lipinski definition) is 1. The zero-order valence-corrected chi connectivity index (χ0v) is 13.7. The van der Waals surface area contributed by atoms with Crippen LogP contribution in [0.4, 0.5) is 0 Å². The first-order valence-corrected chi connectivity index (χ1v) is 8.64. The molecule has 22 heavy (non-hydrogen) atoms. The third-order valence-corrected chi connectivity index (χ3v) is 5.57. The van der Waals surface area contributed by atoms with Gasteiger partial charge < -0.3 is 14.4 Å². The first-order valence-electron chi connectivity index (χ1n) is 8.64. The molecule has 3 atom stereocenters. The summed E-state index contributed by atoms with van der Waals surface area (Å²) in [5.41, 5.74) is 0.0559. The number of aryl methyl sites for hydroxylation is 1. The fraction of sp³-hybridized carbons (Fsp3) is 0.722. The predicted molar refractivity (Wildman–Crippen MR) is 84.7 cm³/mol. The third-order valence-electron chi connectivity index (χ3n) is 5.57. The van der Waals surface area contributed by atoms with Crippen molar-refractivity contribution in [1.29, 1.82) is 0 Å². The Hall–Kier alpha value is -1.29. The Kier molecular flexibility index (Phi) is 4.31. The van der Waals surface area contributed by atoms with Crippen LogP contribution in [-0.4, -0.2) is 34.1 Å². The number of nitrogens with zero attached hydrogens (tertiary/aromatic N) is 1. The number of furan rings is 1. The molecule has 1 saturated carbocycles. The Morgan fingerprint density at radius 3 is 2.95 bits per heavy atom. The molecule has 3 rings (SSSR count). The maximum Gasteiger partial charge on any atom is 0.257 e. The van der Waals surface area contributed by atoms with Crippen LogP contribution in [0.3, 0.4) is 0 Å². The van der Waals surface area contributed by atoms with Gasteiger partial charge >= 0.3 is 0 Å². The van der Waals surface area contributed by atoms with E-state index in [4.69, 9.17) is 4.42 Å². The van der Waals surface area contributed by atoms with Gasteiger partial charge in [0.15, 0.2) is 0 Å². The monoisotopic (exact) mass is 305 g/mol. The molecule has 1 aromatic rings. The molecular formula is C18H27NO3. The Balaban J connectivity index is 1.82. The maximum atomic E-state index is 12.9. The number of aliphatic hydroxyl groups is 1. The average Bonchev–Trinajstić information content (AvgIpc) is 3.14. The van der Waals surface area contributed by atoms with Gasteiger partial charge in [-0.3, -0.25) is 4.79 Å². The van der Waals surface area contributed by atoms with Crippen LogP contribution in [0, 0.1) is 5.92 Å². The molecule has 0 unspecified atom stereocenters. The predicted octanol–water partition coefficient (Wildman–Crippen LogP) is 3.39. The summed E-state index contributed by atoms with van der Waals surface area (Å²) >= 11 is 0. The topological polar surface area (TPSA) is 53.7 Å². The molecule has 1 aliphatic heterocycles. The average molecular weight is 305 g/mol. The van der Waals surface area contributed by atoms with Crippen LogP contribution >= 0.6 is 0 Å². The molecule has 1 aromatic heterocycles. The molecule has 1 N–H and O–H groups in total. The van der Waals surface area contributed by atoms with E-state index in [2.05, 4.69) is 0 Å². The molecule has 4 nitrogen and oxygen atoms in total. The van der Waals surface area contributed by atoms with Gasteiger partial charge in [0.25, 0.3) is 5.91 Å². The lowest BCUT2D eigenvalue weighted by Gasteiger charge is -2.43. The first-order chi connectivity index (χ1) is 10.5. The van der Waals surface area contributed by atoms with E-state index in [-0.39, 0.29) is 17.9 Å². The fourth-order valence-electron chi connectivity index (χ4n) is 4.37. The van der Waals surface area contributed by atoms with E-state index in [0.717, 1.165) is 57.3 Å². The summed E-state index contributed by atoms with van der Waals surface area (Å²) in [6, 6.07) is 1.96. The molecular weight excluding hydrogens is 278 g/mol. The van der Waals surface area contributed by atoms with Gasteiger partial charge in [-0.2, -0.15) is 0 Å². The quantitative estimate of drug-likeness (QED) is 0.931. The normalized spacial score (nSPS) is 32.4. The highest BCUT2D eigenvalue weighted by molar-refractivity contribution is 5.95. The standard InChI is InChI=1S/C18H27NO3/c1-3-16-13(9-12-22-16)17(20)19-11-6-8-15(19)14-7-4-5-10-18(14,2)21/h9,12,14-15,21H,3-8,10-11H2,1-2H3/t14-,15+,18+/m0/s1. The number of amides is 1. The van der Waals surface area contributed by atoms with Crippen LogP contribution in [0.5, 0.6) is 0 Å². The van der Waals surface area contributed by atoms with Crippen molar-refractivity contribution in [3.05, 3.63) is 23.7 Å². The van der Waals surface area contributed by atoms with Crippen LogP contribution in [-0.2, 0) is 6.42 Å². The van der Waals surface area contributed by atoms with Crippen molar-refractivity contribution in [2.45, 2.75) is 70.4 Å². The summed E-state index contributed by atoms with van der Waals surface area (Å²) in [5.74, 6) is 1.05. The molecule has 0 bridgehead atoms. The van der Waals surface area contributed by atoms with E-state index in [1.807, 2.05) is 18.7 Å². The van der Waals surface area contributed by atoms with E-state index < -0.39 is 5.60 Å². The van der Waals surface area contributed by atoms with Crippen molar-refractivity contribution in [3.8, 4) is 0 Å². The Morgan fingerprint density at radius 2 is 2.23 bits per heavy atom. The lowest BCUT2D eigenvalue weighted by Crippen LogP contribution is -2.50. The molecule has 0 aromatic carbocycles. The van der Waals surface area contributed by atoms with Gasteiger partial charge in [-0.1, -0.05) is 19.8 Å². The Labute approximate surface area is 132 Å². The zero-order chi connectivity index (χ0) is 15.7. The lowest BCUT2D eigenvalue weighted by molar-refractivity contribution is -0.0577. The lowest BCUT2D eigenvalue weighted by atomic mass is 9.72. The minimum Gasteiger partial charge on any atom is -0.469 e. The maximum absolute atomic E-state index is 12.9. The van der Waals surface area contributed by atoms with Gasteiger partial charge in [0, 0.05) is 24.9 Å². The molecule has 1 saturated heterocycles. The van der Waals surface area contributed by atoms with Gasteiger partial charge in [0.05, 0.1) is 17.4 Å². The highest BCUT2D eigenvalue weighted by atomic mass is 16.3. The summed E-state index contributed by atoms with van der Waals surface area (Å²) in [4.78, 5) is 14.9. The van der Waals surface area contributed by atoms with Gasteiger partial charge in [-0.15, -0.1) is 0 Å². The number of hydrogen-bond acceptors (Lipinski definition) is 3. The Bertz CT molecular complexity index is 534. The zero-order valence-electron chi connectivity index (χ0n) is 13.7. The number of likely N-dealkylation sites (tertiary alicyclic amines) is 1. The van der Waals surface area contributed by atoms with Crippen LogP contribution in [0.2, 0.25) is 0 Å². The van der Waals surface area contributed by atoms with E-state index in [1.54, 1.807) is 12.3 Å². The van der Waals surface area contributed by atoms with Gasteiger partial charge in [-0.25, -0.2) is 0 Å². The highest BCUT2D eigenvalue weighted by Crippen LogP contribution is 2.41. The van der Waals surface area contributed by atoms with Crippen molar-refractivity contribution < 1.29 is 14.3 Å². The van der Waals surface area contributed by atoms with Crippen molar-refractivity contribution in [2.24, 2.45) is 5.92 Å². The minimum absolute atomic E-state index is 0.0782. The van der Waals surface area contributed by atoms with Crippen molar-refractivity contribution in [2.75, 3.05) is 6.54 Å². The second kappa shape index (κ2) is 6.07. The third kappa shape index (κ3) is 2.69. The SMILES string of the molecule is CCc1occc1C(=O)N1CCC[C@@H]1[C@@H]1CCCC[C@@]1(C)O. The van der Waals surface area contributed by atoms with Crippen LogP contribution < -0.4 is 0 Å². The highest BCUT2D eigenvalue weighted by Gasteiger charge is 2.45. The largest absolute Gasteiger partial charge is 0.469 e. The second-order valence-corrected chi connectivity index (χ2v) is 7.03. The van der Waals surface area contributed by atoms with Crippen LogP contribution in [0.25, 0.3) is 0 Å². The molecule has 122 valence electrons. The van der Waals surface area contributed by atoms with Crippen LogP contribution in [0.1, 0.15) is 68.5 Å². The minimum atomic E-state index is -0.643. The summed E-state index contributed by atoms with van der Waals surface area (Å²) in [6.07, 6.45) is 8.49. The first kappa shape index (κ1) is 15.6. The molecule has 0 radical (unpaired) electrons. The van der Waals surface area contributed by atoms with Crippen molar-refractivity contribution >= 4 is 5.91 Å². The molecule has 2 fully saturated rings. The van der Waals surface area contributed by atoms with Crippen LogP contribution in [0.15, 0.2) is 16.7 Å². The molecule has 4 heteroatoms. The fourth-order valence-corrected chi connectivity index (χ4v) is 4.37. The second-order valence-electron chi connectivity index (χ2n) is 7.03. The van der Waals surface area contributed by atoms with Crippen molar-refractivity contribution in [1.82, 2.24) is 4.90 Å². The molecule has 0 spiro atoms. The van der Waals surface area contributed by atoms with E-state index in [0.29, 0.717) is 5.56 Å². The summed E-state index contributed by atoms with van der Waals surface area (Å²) in [7, 11) is 0. The van der Waals surface area contributed by atoms with E-state index in [9.17, 15) is 9.90 Å². The molecule has 1 aliphatic carbocycles. The van der Waals surface area contributed by atoms with E-state index in [1.165, 1.54) is 0 Å². The number of rotatable bonds is 3. The smallest absolute Gasteiger partial charge is 0.257 e. The summed E-state index contributed by atoms with van der Waals surface area (Å²) in [6.45, 7) is 4.75. The summed E-state index contributed by atoms with van der Waals surface area (Å²) in [5, 5.41) is 10.8.